The van der Waals surface area contributed by atoms with Crippen molar-refractivity contribution in [2.45, 2.75) is 12.3 Å². The first-order chi connectivity index (χ1) is 9.16. The smallest absolute Gasteiger partial charge is 0.326 e. The normalized spacial score (nSPS) is 20.8. The zero-order valence-electron chi connectivity index (χ0n) is 10.8. The van der Waals surface area contributed by atoms with Gasteiger partial charge in [0.2, 0.25) is 0 Å². The second-order valence-electron chi connectivity index (χ2n) is 4.74. The lowest BCUT2D eigenvalue weighted by atomic mass is 9.77. The summed E-state index contributed by atoms with van der Waals surface area (Å²) in [6, 6.07) is 15.1. The summed E-state index contributed by atoms with van der Waals surface area (Å²) in [5.41, 5.74) is 1.00. The summed E-state index contributed by atoms with van der Waals surface area (Å²) in [7, 11) is 1.61. The molecule has 96 valence electrons. The van der Waals surface area contributed by atoms with E-state index in [1.807, 2.05) is 43.3 Å². The van der Waals surface area contributed by atoms with Crippen molar-refractivity contribution in [3.05, 3.63) is 59.7 Å². The van der Waals surface area contributed by atoms with Gasteiger partial charge in [0, 0.05) is 5.56 Å². The number of rotatable bonds is 2. The van der Waals surface area contributed by atoms with Crippen LogP contribution in [0, 0.1) is 0 Å². The Bertz CT molecular complexity index is 634. The molecule has 0 saturated heterocycles. The van der Waals surface area contributed by atoms with E-state index >= 15 is 0 Å². The van der Waals surface area contributed by atoms with Crippen LogP contribution in [0.3, 0.4) is 0 Å². The first-order valence-electron chi connectivity index (χ1n) is 6.12. The van der Waals surface area contributed by atoms with E-state index in [0.29, 0.717) is 5.75 Å². The fourth-order valence-electron chi connectivity index (χ4n) is 2.47. The fourth-order valence-corrected chi connectivity index (χ4v) is 2.47. The lowest BCUT2D eigenvalue weighted by Crippen LogP contribution is -2.31. The van der Waals surface area contributed by atoms with Crippen molar-refractivity contribution in [3.63, 3.8) is 0 Å². The van der Waals surface area contributed by atoms with Crippen molar-refractivity contribution in [2.75, 3.05) is 7.11 Å². The van der Waals surface area contributed by atoms with Crippen LogP contribution in [-0.2, 0) is 10.2 Å². The Morgan fingerprint density at radius 1 is 1.11 bits per heavy atom. The lowest BCUT2D eigenvalue weighted by molar-refractivity contribution is -0.136. The molecule has 0 fully saturated rings. The van der Waals surface area contributed by atoms with Gasteiger partial charge >= 0.3 is 5.97 Å². The monoisotopic (exact) mass is 254 g/mol. The predicted octanol–water partition coefficient (Wildman–Crippen LogP) is 2.92. The van der Waals surface area contributed by atoms with Gasteiger partial charge in [-0.15, -0.1) is 0 Å². The molecule has 1 atom stereocenters. The van der Waals surface area contributed by atoms with Gasteiger partial charge in [-0.3, -0.25) is 4.79 Å². The van der Waals surface area contributed by atoms with Gasteiger partial charge < -0.3 is 9.47 Å². The van der Waals surface area contributed by atoms with E-state index in [2.05, 4.69) is 0 Å². The third kappa shape index (κ3) is 1.62. The van der Waals surface area contributed by atoms with E-state index in [9.17, 15) is 4.79 Å². The van der Waals surface area contributed by atoms with Gasteiger partial charge in [0.15, 0.2) is 0 Å². The molecule has 0 amide bonds. The Balaban J connectivity index is 2.21. The van der Waals surface area contributed by atoms with Gasteiger partial charge in [-0.25, -0.2) is 0 Å². The average Bonchev–Trinajstić information content (AvgIpc) is 2.72. The van der Waals surface area contributed by atoms with Crippen molar-refractivity contribution in [3.8, 4) is 11.5 Å². The van der Waals surface area contributed by atoms with Crippen molar-refractivity contribution >= 4 is 5.97 Å². The van der Waals surface area contributed by atoms with Gasteiger partial charge in [-0.05, 0) is 30.7 Å². The standard InChI is InChI=1S/C16H14O3/c1-16(11-6-4-3-5-7-11)13-10-12(18-2)8-9-14(13)19-15(16)17/h3-10H,1-2H3. The number of hydrogen-bond donors (Lipinski definition) is 0. The van der Waals surface area contributed by atoms with Gasteiger partial charge in [-0.1, -0.05) is 30.3 Å². The summed E-state index contributed by atoms with van der Waals surface area (Å²) in [4.78, 5) is 12.3. The summed E-state index contributed by atoms with van der Waals surface area (Å²) in [5, 5.41) is 0. The maximum absolute atomic E-state index is 12.3. The Kier molecular flexibility index (Phi) is 2.56. The summed E-state index contributed by atoms with van der Waals surface area (Å²) < 4.78 is 10.6. The van der Waals surface area contributed by atoms with E-state index in [4.69, 9.17) is 9.47 Å². The number of carbonyl (C=O) groups is 1. The number of esters is 1. The minimum atomic E-state index is -0.773. The molecule has 0 aliphatic carbocycles. The molecular weight excluding hydrogens is 240 g/mol. The molecule has 1 aliphatic heterocycles. The summed E-state index contributed by atoms with van der Waals surface area (Å²) in [6.07, 6.45) is 0. The van der Waals surface area contributed by atoms with Crippen molar-refractivity contribution < 1.29 is 14.3 Å². The third-order valence-electron chi connectivity index (χ3n) is 3.69. The molecule has 3 nitrogen and oxygen atoms in total. The zero-order chi connectivity index (χ0) is 13.5. The maximum Gasteiger partial charge on any atom is 0.326 e. The molecule has 2 aromatic carbocycles. The first kappa shape index (κ1) is 11.8. The topological polar surface area (TPSA) is 35.5 Å². The van der Waals surface area contributed by atoms with Crippen LogP contribution in [0.5, 0.6) is 11.5 Å². The zero-order valence-corrected chi connectivity index (χ0v) is 10.8. The second kappa shape index (κ2) is 4.12. The van der Waals surface area contributed by atoms with E-state index in [0.717, 1.165) is 16.9 Å². The summed E-state index contributed by atoms with van der Waals surface area (Å²) in [5.74, 6) is 1.08. The first-order valence-corrected chi connectivity index (χ1v) is 6.12. The van der Waals surface area contributed by atoms with Gasteiger partial charge in [0.25, 0.3) is 0 Å². The van der Waals surface area contributed by atoms with Gasteiger partial charge in [0.1, 0.15) is 16.9 Å². The minimum absolute atomic E-state index is 0.248. The second-order valence-corrected chi connectivity index (χ2v) is 4.74. The molecule has 0 spiro atoms. The lowest BCUT2D eigenvalue weighted by Gasteiger charge is -2.21. The Morgan fingerprint density at radius 2 is 1.84 bits per heavy atom. The van der Waals surface area contributed by atoms with Crippen LogP contribution in [-0.4, -0.2) is 13.1 Å². The molecule has 3 heteroatoms. The molecule has 0 radical (unpaired) electrons. The number of fused-ring (bicyclic) bond motifs is 1. The molecule has 1 aliphatic rings. The average molecular weight is 254 g/mol. The molecule has 0 saturated carbocycles. The largest absolute Gasteiger partial charge is 0.497 e. The van der Waals surface area contributed by atoms with E-state index in [1.165, 1.54) is 0 Å². The predicted molar refractivity (Wildman–Crippen MR) is 71.5 cm³/mol. The molecular formula is C16H14O3. The van der Waals surface area contributed by atoms with Crippen LogP contribution >= 0.6 is 0 Å². The molecule has 1 heterocycles. The third-order valence-corrected chi connectivity index (χ3v) is 3.69. The van der Waals surface area contributed by atoms with E-state index < -0.39 is 5.41 Å². The molecule has 2 aromatic rings. The highest BCUT2D eigenvalue weighted by Crippen LogP contribution is 2.45. The van der Waals surface area contributed by atoms with Crippen LogP contribution in [0.25, 0.3) is 0 Å². The van der Waals surface area contributed by atoms with Crippen LogP contribution in [0.2, 0.25) is 0 Å². The molecule has 1 unspecified atom stereocenters. The summed E-state index contributed by atoms with van der Waals surface area (Å²) >= 11 is 0. The molecule has 0 aromatic heterocycles. The fraction of sp³-hybridized carbons (Fsp3) is 0.188. The van der Waals surface area contributed by atoms with Crippen LogP contribution in [0.1, 0.15) is 18.1 Å². The quantitative estimate of drug-likeness (QED) is 0.610. The van der Waals surface area contributed by atoms with Gasteiger partial charge in [-0.2, -0.15) is 0 Å². The van der Waals surface area contributed by atoms with Crippen LogP contribution in [0.4, 0.5) is 0 Å². The Hall–Kier alpha value is -2.29. The Morgan fingerprint density at radius 3 is 2.53 bits per heavy atom. The number of ether oxygens (including phenoxy) is 2. The molecule has 0 N–H and O–H groups in total. The highest BCUT2D eigenvalue weighted by Gasteiger charge is 2.46. The number of methoxy groups -OCH3 is 1. The minimum Gasteiger partial charge on any atom is -0.497 e. The van der Waals surface area contributed by atoms with Crippen molar-refractivity contribution in [1.82, 2.24) is 0 Å². The SMILES string of the molecule is COc1ccc2c(c1)C(C)(c1ccccc1)C(=O)O2. The Labute approximate surface area is 111 Å². The highest BCUT2D eigenvalue weighted by atomic mass is 16.5. The van der Waals surface area contributed by atoms with Crippen LogP contribution < -0.4 is 9.47 Å². The van der Waals surface area contributed by atoms with Crippen molar-refractivity contribution in [1.29, 1.82) is 0 Å². The maximum atomic E-state index is 12.3. The van der Waals surface area contributed by atoms with E-state index in [-0.39, 0.29) is 5.97 Å². The molecule has 0 bridgehead atoms. The van der Waals surface area contributed by atoms with Crippen molar-refractivity contribution in [2.24, 2.45) is 0 Å². The number of benzene rings is 2. The highest BCUT2D eigenvalue weighted by molar-refractivity contribution is 5.94. The number of hydrogen-bond acceptors (Lipinski definition) is 3. The number of carbonyl (C=O) groups excluding carboxylic acids is 1. The van der Waals surface area contributed by atoms with Crippen LogP contribution in [0.15, 0.2) is 48.5 Å². The summed E-state index contributed by atoms with van der Waals surface area (Å²) in [6.45, 7) is 1.88. The molecule has 3 rings (SSSR count). The van der Waals surface area contributed by atoms with E-state index in [1.54, 1.807) is 19.2 Å². The molecule has 19 heavy (non-hydrogen) atoms. The van der Waals surface area contributed by atoms with Gasteiger partial charge in [0.05, 0.1) is 7.11 Å².